The summed E-state index contributed by atoms with van der Waals surface area (Å²) in [6.07, 6.45) is 36.3. The van der Waals surface area contributed by atoms with E-state index in [9.17, 15) is 43.2 Å². The van der Waals surface area contributed by atoms with Crippen LogP contribution in [0.5, 0.6) is 0 Å². The zero-order valence-electron chi connectivity index (χ0n) is 55.2. The molecule has 4 unspecified atom stereocenters. The van der Waals surface area contributed by atoms with Crippen molar-refractivity contribution < 1.29 is 80.2 Å². The summed E-state index contributed by atoms with van der Waals surface area (Å²) < 4.78 is 68.1. The molecule has 0 spiro atoms. The minimum Gasteiger partial charge on any atom is -0.462 e. The van der Waals surface area contributed by atoms with E-state index in [0.29, 0.717) is 31.6 Å². The van der Waals surface area contributed by atoms with E-state index in [4.69, 9.17) is 37.0 Å². The third-order valence-electron chi connectivity index (χ3n) is 15.4. The summed E-state index contributed by atoms with van der Waals surface area (Å²) in [6.45, 7) is 14.0. The van der Waals surface area contributed by atoms with Crippen molar-refractivity contribution in [2.24, 2.45) is 23.7 Å². The maximum absolute atomic E-state index is 13.0. The second-order valence-electron chi connectivity index (χ2n) is 25.5. The molecule has 0 rings (SSSR count). The van der Waals surface area contributed by atoms with Crippen LogP contribution in [0.1, 0.15) is 319 Å². The smallest absolute Gasteiger partial charge is 0.462 e. The summed E-state index contributed by atoms with van der Waals surface area (Å²) >= 11 is 0. The zero-order valence-corrected chi connectivity index (χ0v) is 57.0. The number of phosphoric acid groups is 2. The number of unbranched alkanes of at least 4 members (excludes halogenated alkanes) is 28. The quantitative estimate of drug-likeness (QED) is 0.0222. The summed E-state index contributed by atoms with van der Waals surface area (Å²) in [4.78, 5) is 72.3. The van der Waals surface area contributed by atoms with Gasteiger partial charge in [0.25, 0.3) is 0 Å². The lowest BCUT2D eigenvalue weighted by Crippen LogP contribution is -2.30. The number of hydrogen-bond acceptors (Lipinski definition) is 15. The molecule has 0 bridgehead atoms. The number of rotatable bonds is 63. The predicted molar refractivity (Wildman–Crippen MR) is 340 cm³/mol. The third kappa shape index (κ3) is 59.5. The van der Waals surface area contributed by atoms with E-state index in [-0.39, 0.29) is 25.7 Å². The number of carbonyl (C=O) groups is 4. The number of aliphatic hydroxyl groups excluding tert-OH is 1. The molecule has 0 amide bonds. The Morgan fingerprint density at radius 2 is 0.565 bits per heavy atom. The Morgan fingerprint density at radius 1 is 0.329 bits per heavy atom. The molecule has 0 heterocycles. The van der Waals surface area contributed by atoms with E-state index in [1.165, 1.54) is 116 Å². The summed E-state index contributed by atoms with van der Waals surface area (Å²) in [5, 5.41) is 10.6. The number of phosphoric ester groups is 2. The van der Waals surface area contributed by atoms with Gasteiger partial charge in [-0.25, -0.2) is 9.13 Å². The Hall–Kier alpha value is -1.94. The molecular weight excluding hydrogens is 1130 g/mol. The lowest BCUT2D eigenvalue weighted by molar-refractivity contribution is -0.161. The summed E-state index contributed by atoms with van der Waals surface area (Å²) in [6, 6.07) is 0. The molecule has 3 N–H and O–H groups in total. The SMILES string of the molecule is CCC(C)CCCCCCCCC(=O)O[C@H](COC(=O)CCCCCCCCCCCC(C)C)COP(=O)(O)OCC(O)COP(=O)(O)OC[C@@H](COC(=O)CCCCCCCCCC(C)C)OC(=O)CCCCCCCCCCCCC(C)C. The van der Waals surface area contributed by atoms with Crippen molar-refractivity contribution >= 4 is 39.5 Å². The Morgan fingerprint density at radius 3 is 0.835 bits per heavy atom. The number of hydrogen-bond donors (Lipinski definition) is 3. The van der Waals surface area contributed by atoms with Crippen molar-refractivity contribution in [3.05, 3.63) is 0 Å². The molecule has 0 saturated heterocycles. The Labute approximate surface area is 517 Å². The van der Waals surface area contributed by atoms with Gasteiger partial charge < -0.3 is 33.8 Å². The second-order valence-corrected chi connectivity index (χ2v) is 28.4. The van der Waals surface area contributed by atoms with Crippen molar-refractivity contribution in [1.82, 2.24) is 0 Å². The highest BCUT2D eigenvalue weighted by Crippen LogP contribution is 2.45. The van der Waals surface area contributed by atoms with E-state index in [1.807, 2.05) is 0 Å². The lowest BCUT2D eigenvalue weighted by Gasteiger charge is -2.21. The maximum atomic E-state index is 13.0. The first-order valence-electron chi connectivity index (χ1n) is 34.2. The van der Waals surface area contributed by atoms with Gasteiger partial charge in [-0.1, -0.05) is 267 Å². The number of carbonyl (C=O) groups excluding carboxylic acids is 4. The van der Waals surface area contributed by atoms with Gasteiger partial charge in [-0.05, 0) is 49.4 Å². The molecule has 0 aromatic rings. The molecular formula is C66H128O17P2. The first-order valence-corrected chi connectivity index (χ1v) is 37.2. The molecule has 0 aliphatic heterocycles. The zero-order chi connectivity index (χ0) is 63.2. The molecule has 17 nitrogen and oxygen atoms in total. The van der Waals surface area contributed by atoms with Crippen LogP contribution in [0.3, 0.4) is 0 Å². The first kappa shape index (κ1) is 83.1. The van der Waals surface area contributed by atoms with Crippen LogP contribution in [-0.2, 0) is 65.4 Å². The molecule has 85 heavy (non-hydrogen) atoms. The molecule has 0 aromatic heterocycles. The average Bonchev–Trinajstić information content (AvgIpc) is 3.48. The standard InChI is InChI=1S/C66H128O17P2/c1-9-59(8)45-37-29-24-25-33-41-49-66(71)83-62(53-76-63(68)46-38-30-21-16-12-14-19-27-35-43-57(4)5)55-81-85(74,75)79-51-60(67)50-78-84(72,73)80-54-61(52-77-64(69)47-39-31-23-17-20-28-36-44-58(6)7)82-65(70)48-40-32-22-15-11-10-13-18-26-34-42-56(2)3/h56-62,67H,9-55H2,1-8H3,(H,72,73)(H,74,75)/t59?,60?,61-,62-/m1/s1. The monoisotopic (exact) mass is 1250 g/mol. The highest BCUT2D eigenvalue weighted by molar-refractivity contribution is 7.47. The van der Waals surface area contributed by atoms with Gasteiger partial charge in [-0.3, -0.25) is 37.3 Å². The minimum atomic E-state index is -4.95. The molecule has 0 aromatic carbocycles. The maximum Gasteiger partial charge on any atom is 0.472 e. The van der Waals surface area contributed by atoms with Gasteiger partial charge in [0.15, 0.2) is 12.2 Å². The summed E-state index contributed by atoms with van der Waals surface area (Å²) in [5.41, 5.74) is 0. The number of aliphatic hydroxyl groups is 1. The molecule has 0 aliphatic carbocycles. The highest BCUT2D eigenvalue weighted by atomic mass is 31.2. The van der Waals surface area contributed by atoms with Gasteiger partial charge in [0, 0.05) is 25.7 Å². The minimum absolute atomic E-state index is 0.102. The van der Waals surface area contributed by atoms with E-state index in [0.717, 1.165) is 114 Å². The van der Waals surface area contributed by atoms with Crippen molar-refractivity contribution in [3.8, 4) is 0 Å². The van der Waals surface area contributed by atoms with Crippen molar-refractivity contribution in [2.45, 2.75) is 337 Å². The number of ether oxygens (including phenoxy) is 4. The van der Waals surface area contributed by atoms with Crippen LogP contribution in [0, 0.1) is 23.7 Å². The van der Waals surface area contributed by atoms with Crippen LogP contribution in [0.4, 0.5) is 0 Å². The molecule has 6 atom stereocenters. The Kier molecular flexibility index (Phi) is 54.8. The lowest BCUT2D eigenvalue weighted by atomic mass is 10.00. The van der Waals surface area contributed by atoms with Gasteiger partial charge in [0.05, 0.1) is 26.4 Å². The Bertz CT molecular complexity index is 1700. The van der Waals surface area contributed by atoms with Crippen molar-refractivity contribution in [3.63, 3.8) is 0 Å². The highest BCUT2D eigenvalue weighted by Gasteiger charge is 2.30. The van der Waals surface area contributed by atoms with Crippen molar-refractivity contribution in [1.29, 1.82) is 0 Å². The molecule has 504 valence electrons. The molecule has 0 radical (unpaired) electrons. The Balaban J connectivity index is 5.26. The van der Waals surface area contributed by atoms with Gasteiger partial charge in [-0.15, -0.1) is 0 Å². The van der Waals surface area contributed by atoms with Crippen LogP contribution in [0.15, 0.2) is 0 Å². The van der Waals surface area contributed by atoms with E-state index >= 15 is 0 Å². The summed E-state index contributed by atoms with van der Waals surface area (Å²) in [7, 11) is -9.89. The van der Waals surface area contributed by atoms with Gasteiger partial charge >= 0.3 is 39.5 Å². The van der Waals surface area contributed by atoms with E-state index in [2.05, 4.69) is 55.4 Å². The molecule has 0 saturated carbocycles. The molecule has 0 fully saturated rings. The van der Waals surface area contributed by atoms with Crippen molar-refractivity contribution in [2.75, 3.05) is 39.6 Å². The molecule has 0 aliphatic rings. The van der Waals surface area contributed by atoms with Crippen LogP contribution in [0.2, 0.25) is 0 Å². The van der Waals surface area contributed by atoms with Crippen LogP contribution in [0.25, 0.3) is 0 Å². The predicted octanol–water partition coefficient (Wildman–Crippen LogP) is 18.1. The second kappa shape index (κ2) is 56.1. The fourth-order valence-electron chi connectivity index (χ4n) is 9.75. The van der Waals surface area contributed by atoms with Gasteiger partial charge in [0.1, 0.15) is 19.3 Å². The van der Waals surface area contributed by atoms with E-state index < -0.39 is 97.5 Å². The third-order valence-corrected chi connectivity index (χ3v) is 17.3. The number of esters is 4. The normalized spacial score (nSPS) is 14.7. The first-order chi connectivity index (χ1) is 40.6. The molecule has 19 heteroatoms. The fraction of sp³-hybridized carbons (Fsp3) is 0.939. The topological polar surface area (TPSA) is 237 Å². The van der Waals surface area contributed by atoms with Gasteiger partial charge in [0.2, 0.25) is 0 Å². The van der Waals surface area contributed by atoms with Crippen LogP contribution in [-0.4, -0.2) is 96.7 Å². The average molecular weight is 1260 g/mol. The fourth-order valence-corrected chi connectivity index (χ4v) is 11.3. The van der Waals surface area contributed by atoms with Crippen LogP contribution >= 0.6 is 15.6 Å². The van der Waals surface area contributed by atoms with E-state index in [1.54, 1.807) is 0 Å². The van der Waals surface area contributed by atoms with Gasteiger partial charge in [-0.2, -0.15) is 0 Å². The van der Waals surface area contributed by atoms with Crippen LogP contribution < -0.4 is 0 Å². The summed E-state index contributed by atoms with van der Waals surface area (Å²) in [5.74, 6) is 0.783. The largest absolute Gasteiger partial charge is 0.472 e.